The number of carboxylic acid groups (broad SMARTS) is 1. The molecule has 1 aliphatic rings. The minimum absolute atomic E-state index is 0.0179. The summed E-state index contributed by atoms with van der Waals surface area (Å²) in [6.07, 6.45) is 0.0550. The Kier molecular flexibility index (Phi) is 6.34. The zero-order chi connectivity index (χ0) is 19.3. The van der Waals surface area contributed by atoms with Gasteiger partial charge < -0.3 is 24.2 Å². The van der Waals surface area contributed by atoms with Crippen molar-refractivity contribution >= 4 is 17.6 Å². The molecule has 1 saturated heterocycles. The van der Waals surface area contributed by atoms with Crippen LogP contribution in [0.1, 0.15) is 12.8 Å². The van der Waals surface area contributed by atoms with E-state index < -0.39 is 16.9 Å². The highest BCUT2D eigenvalue weighted by molar-refractivity contribution is 5.79. The Morgan fingerprint density at radius 1 is 1.38 bits per heavy atom. The predicted octanol–water partition coefficient (Wildman–Crippen LogP) is 1.07. The zero-order valence-corrected chi connectivity index (χ0v) is 14.4. The summed E-state index contributed by atoms with van der Waals surface area (Å²) in [7, 11) is 2.80. The highest BCUT2D eigenvalue weighted by atomic mass is 16.6. The van der Waals surface area contributed by atoms with Gasteiger partial charge in [-0.2, -0.15) is 0 Å². The maximum Gasteiger partial charge on any atom is 0.311 e. The Labute approximate surface area is 149 Å². The lowest BCUT2D eigenvalue weighted by Crippen LogP contribution is -2.40. The van der Waals surface area contributed by atoms with Gasteiger partial charge in [-0.05, 0) is 12.5 Å². The second-order valence-corrected chi connectivity index (χ2v) is 5.77. The van der Waals surface area contributed by atoms with Crippen LogP contribution in [-0.4, -0.2) is 66.3 Å². The number of amides is 1. The average Bonchev–Trinajstić information content (AvgIpc) is 3.01. The van der Waals surface area contributed by atoms with Crippen LogP contribution < -0.4 is 9.47 Å². The molecule has 0 aromatic heterocycles. The van der Waals surface area contributed by atoms with E-state index >= 15 is 0 Å². The molecule has 2 unspecified atom stereocenters. The lowest BCUT2D eigenvalue weighted by Gasteiger charge is -2.23. The topological polar surface area (TPSA) is 128 Å². The molecule has 0 radical (unpaired) electrons. The minimum atomic E-state index is -0.995. The normalized spacial score (nSPS) is 19.2. The van der Waals surface area contributed by atoms with Gasteiger partial charge in [0, 0.05) is 31.8 Å². The van der Waals surface area contributed by atoms with Crippen molar-refractivity contribution in [1.29, 1.82) is 0 Å². The first-order valence-electron chi connectivity index (χ1n) is 7.85. The van der Waals surface area contributed by atoms with Gasteiger partial charge in [-0.25, -0.2) is 0 Å². The van der Waals surface area contributed by atoms with Gasteiger partial charge in [-0.1, -0.05) is 0 Å². The number of rotatable bonds is 8. The average molecular weight is 368 g/mol. The van der Waals surface area contributed by atoms with Crippen LogP contribution in [0.5, 0.6) is 11.5 Å². The lowest BCUT2D eigenvalue weighted by atomic mass is 10.1. The number of hydrogen-bond acceptors (Lipinski definition) is 7. The number of aliphatic carboxylic acids is 1. The monoisotopic (exact) mass is 368 g/mol. The molecule has 0 saturated carbocycles. The highest BCUT2D eigenvalue weighted by Gasteiger charge is 2.36. The number of carbonyl (C=O) groups excluding carboxylic acids is 1. The third-order valence-electron chi connectivity index (χ3n) is 4.15. The molecule has 1 aromatic carbocycles. The van der Waals surface area contributed by atoms with E-state index in [1.54, 1.807) is 0 Å². The van der Waals surface area contributed by atoms with Crippen molar-refractivity contribution in [2.75, 3.05) is 27.4 Å². The number of methoxy groups -OCH3 is 2. The molecule has 1 fully saturated rings. The molecule has 1 heterocycles. The number of carbonyl (C=O) groups is 2. The van der Waals surface area contributed by atoms with Crippen molar-refractivity contribution < 1.29 is 33.8 Å². The molecule has 1 N–H and O–H groups in total. The molecule has 0 bridgehead atoms. The van der Waals surface area contributed by atoms with Crippen LogP contribution in [0, 0.1) is 10.1 Å². The van der Waals surface area contributed by atoms with Crippen molar-refractivity contribution in [2.45, 2.75) is 25.0 Å². The number of carboxylic acids is 1. The van der Waals surface area contributed by atoms with Gasteiger partial charge in [0.05, 0.1) is 24.6 Å². The Balaban J connectivity index is 2.03. The summed E-state index contributed by atoms with van der Waals surface area (Å²) in [6.45, 7) is -0.0340. The first kappa shape index (κ1) is 19.4. The third kappa shape index (κ3) is 4.60. The van der Waals surface area contributed by atoms with Gasteiger partial charge in [0.2, 0.25) is 5.75 Å². The Morgan fingerprint density at radius 2 is 2.12 bits per heavy atom. The molecule has 1 amide bonds. The summed E-state index contributed by atoms with van der Waals surface area (Å²) in [5, 5.41) is 19.9. The highest BCUT2D eigenvalue weighted by Crippen LogP contribution is 2.31. The van der Waals surface area contributed by atoms with Gasteiger partial charge in [0.15, 0.2) is 6.61 Å². The van der Waals surface area contributed by atoms with Gasteiger partial charge >= 0.3 is 11.7 Å². The summed E-state index contributed by atoms with van der Waals surface area (Å²) < 4.78 is 15.6. The summed E-state index contributed by atoms with van der Waals surface area (Å²) in [5.41, 5.74) is -0.213. The fourth-order valence-electron chi connectivity index (χ4n) is 2.87. The van der Waals surface area contributed by atoms with Crippen molar-refractivity contribution in [3.05, 3.63) is 28.3 Å². The second-order valence-electron chi connectivity index (χ2n) is 5.77. The number of hydrogen-bond donors (Lipinski definition) is 1. The summed E-state index contributed by atoms with van der Waals surface area (Å²) in [6, 6.07) is 3.45. The molecule has 0 spiro atoms. The maximum absolute atomic E-state index is 12.4. The molecule has 2 rings (SSSR count). The standard InChI is InChI=1S/C16H20N2O8/c1-24-12-5-10(6-16(20)21)17(8-12)15(19)9-26-11-3-4-13(18(22)23)14(7-11)25-2/h3-4,7,10,12H,5-6,8-9H2,1-2H3,(H,20,21). The Hall–Kier alpha value is -2.88. The van der Waals surface area contributed by atoms with E-state index in [0.717, 1.165) is 0 Å². The van der Waals surface area contributed by atoms with Gasteiger partial charge in [0.1, 0.15) is 5.75 Å². The molecule has 10 nitrogen and oxygen atoms in total. The lowest BCUT2D eigenvalue weighted by molar-refractivity contribution is -0.385. The number of nitro benzene ring substituents is 1. The molecule has 142 valence electrons. The first-order chi connectivity index (χ1) is 12.3. The number of likely N-dealkylation sites (tertiary alicyclic amines) is 1. The number of nitro groups is 1. The van der Waals surface area contributed by atoms with E-state index in [9.17, 15) is 19.7 Å². The number of benzene rings is 1. The van der Waals surface area contributed by atoms with Crippen molar-refractivity contribution in [3.63, 3.8) is 0 Å². The molecule has 0 aliphatic carbocycles. The van der Waals surface area contributed by atoms with Crippen molar-refractivity contribution in [1.82, 2.24) is 4.90 Å². The van der Waals surface area contributed by atoms with Crippen LogP contribution in [0.2, 0.25) is 0 Å². The Morgan fingerprint density at radius 3 is 2.69 bits per heavy atom. The molecule has 26 heavy (non-hydrogen) atoms. The van der Waals surface area contributed by atoms with E-state index in [0.29, 0.717) is 13.0 Å². The molecule has 2 atom stereocenters. The largest absolute Gasteiger partial charge is 0.490 e. The SMILES string of the molecule is COc1cc(OCC(=O)N2CC(OC)CC2CC(=O)O)ccc1[N+](=O)[O-]. The molecular weight excluding hydrogens is 348 g/mol. The molecule has 10 heteroatoms. The quantitative estimate of drug-likeness (QED) is 0.533. The minimum Gasteiger partial charge on any atom is -0.490 e. The van der Waals surface area contributed by atoms with Crippen LogP contribution in [0.15, 0.2) is 18.2 Å². The van der Waals surface area contributed by atoms with E-state index in [1.807, 2.05) is 0 Å². The smallest absolute Gasteiger partial charge is 0.311 e. The van der Waals surface area contributed by atoms with Crippen molar-refractivity contribution in [2.24, 2.45) is 0 Å². The van der Waals surface area contributed by atoms with Crippen LogP contribution in [-0.2, 0) is 14.3 Å². The van der Waals surface area contributed by atoms with Crippen molar-refractivity contribution in [3.8, 4) is 11.5 Å². The fraction of sp³-hybridized carbons (Fsp3) is 0.500. The Bertz CT molecular complexity index is 693. The summed E-state index contributed by atoms with van der Waals surface area (Å²) >= 11 is 0. The fourth-order valence-corrected chi connectivity index (χ4v) is 2.87. The van der Waals surface area contributed by atoms with E-state index in [1.165, 1.54) is 37.3 Å². The molecular formula is C16H20N2O8. The third-order valence-corrected chi connectivity index (χ3v) is 4.15. The predicted molar refractivity (Wildman–Crippen MR) is 88.3 cm³/mol. The maximum atomic E-state index is 12.4. The van der Waals surface area contributed by atoms with Crippen LogP contribution in [0.3, 0.4) is 0 Å². The van der Waals surface area contributed by atoms with Gasteiger partial charge in [0.25, 0.3) is 5.91 Å². The van der Waals surface area contributed by atoms with Gasteiger partial charge in [-0.15, -0.1) is 0 Å². The number of ether oxygens (including phenoxy) is 3. The summed E-state index contributed by atoms with van der Waals surface area (Å²) in [4.78, 5) is 35.1. The van der Waals surface area contributed by atoms with Crippen LogP contribution >= 0.6 is 0 Å². The first-order valence-corrected chi connectivity index (χ1v) is 7.85. The van der Waals surface area contributed by atoms with E-state index in [2.05, 4.69) is 0 Å². The zero-order valence-electron chi connectivity index (χ0n) is 14.4. The van der Waals surface area contributed by atoms with E-state index in [4.69, 9.17) is 19.3 Å². The van der Waals surface area contributed by atoms with Crippen LogP contribution in [0.25, 0.3) is 0 Å². The molecule has 1 aliphatic heterocycles. The van der Waals surface area contributed by atoms with E-state index in [-0.39, 0.29) is 42.2 Å². The molecule has 1 aromatic rings. The second kappa shape index (κ2) is 8.48. The van der Waals surface area contributed by atoms with Crippen LogP contribution in [0.4, 0.5) is 5.69 Å². The number of nitrogens with zero attached hydrogens (tertiary/aromatic N) is 2. The summed E-state index contributed by atoms with van der Waals surface area (Å²) in [5.74, 6) is -1.12. The van der Waals surface area contributed by atoms with Gasteiger partial charge in [-0.3, -0.25) is 19.7 Å².